The van der Waals surface area contributed by atoms with Crippen LogP contribution in [0.3, 0.4) is 0 Å². The first kappa shape index (κ1) is 15.8. The number of ether oxygens (including phenoxy) is 1. The molecule has 1 N–H and O–H groups in total. The molecule has 0 saturated carbocycles. The van der Waals surface area contributed by atoms with Gasteiger partial charge in [0.2, 0.25) is 10.0 Å². The fraction of sp³-hybridized carbons (Fsp3) is 0.667. The number of nitrogens with one attached hydrogen (secondary N) is 1. The summed E-state index contributed by atoms with van der Waals surface area (Å²) in [7, 11) is -2.28. The van der Waals surface area contributed by atoms with E-state index < -0.39 is 16.1 Å². The predicted octanol–water partition coefficient (Wildman–Crippen LogP) is 0.489. The molecule has 21 heavy (non-hydrogen) atoms. The Hall–Kier alpha value is -1.61. The largest absolute Gasteiger partial charge is 0.453 e. The van der Waals surface area contributed by atoms with Crippen LogP contribution in [0.15, 0.2) is 4.90 Å². The van der Waals surface area contributed by atoms with Crippen LogP contribution < -0.4 is 0 Å². The van der Waals surface area contributed by atoms with Gasteiger partial charge in [-0.05, 0) is 20.3 Å². The second-order valence-electron chi connectivity index (χ2n) is 4.98. The van der Waals surface area contributed by atoms with Crippen molar-refractivity contribution in [2.45, 2.75) is 25.2 Å². The van der Waals surface area contributed by atoms with Crippen LogP contribution in [-0.4, -0.2) is 67.2 Å². The standard InChI is InChI=1S/C12H20N4O4S/c1-9-11(10(2)14-13-9)21(18,19)16-6-4-5-15(7-8-16)12(17)20-3/h4-8H2,1-3H3,(H,13,14). The molecule has 0 unspecified atom stereocenters. The van der Waals surface area contributed by atoms with E-state index in [2.05, 4.69) is 14.9 Å². The van der Waals surface area contributed by atoms with Crippen molar-refractivity contribution in [3.8, 4) is 0 Å². The molecule has 0 radical (unpaired) electrons. The number of aromatic amines is 1. The molecule has 1 aromatic rings. The van der Waals surface area contributed by atoms with Crippen molar-refractivity contribution < 1.29 is 17.9 Å². The van der Waals surface area contributed by atoms with Crippen LogP contribution in [-0.2, 0) is 14.8 Å². The highest BCUT2D eigenvalue weighted by Crippen LogP contribution is 2.22. The topological polar surface area (TPSA) is 95.6 Å². The lowest BCUT2D eigenvalue weighted by Gasteiger charge is -2.21. The Balaban J connectivity index is 2.21. The molecule has 1 fully saturated rings. The van der Waals surface area contributed by atoms with E-state index in [1.54, 1.807) is 13.8 Å². The molecule has 2 rings (SSSR count). The summed E-state index contributed by atoms with van der Waals surface area (Å²) in [4.78, 5) is 13.3. The van der Waals surface area contributed by atoms with E-state index in [4.69, 9.17) is 0 Å². The summed E-state index contributed by atoms with van der Waals surface area (Å²) in [6.45, 7) is 4.78. The van der Waals surface area contributed by atoms with Gasteiger partial charge in [0.05, 0.1) is 18.5 Å². The first-order valence-electron chi connectivity index (χ1n) is 6.72. The number of aryl methyl sites for hydroxylation is 2. The van der Waals surface area contributed by atoms with E-state index in [0.717, 1.165) is 0 Å². The molecule has 118 valence electrons. The summed E-state index contributed by atoms with van der Waals surface area (Å²) in [5.74, 6) is 0. The number of hydrogen-bond donors (Lipinski definition) is 1. The van der Waals surface area contributed by atoms with Crippen molar-refractivity contribution in [2.75, 3.05) is 33.3 Å². The molecule has 1 amide bonds. The Bertz CT molecular complexity index is 606. The Morgan fingerprint density at radius 1 is 1.24 bits per heavy atom. The first-order valence-corrected chi connectivity index (χ1v) is 8.16. The number of carbonyl (C=O) groups excluding carboxylic acids is 1. The van der Waals surface area contributed by atoms with Gasteiger partial charge in [-0.3, -0.25) is 5.10 Å². The normalized spacial score (nSPS) is 17.6. The third-order valence-corrected chi connectivity index (χ3v) is 5.71. The highest BCUT2D eigenvalue weighted by molar-refractivity contribution is 7.89. The summed E-state index contributed by atoms with van der Waals surface area (Å²) in [6.07, 6.45) is 0.148. The number of H-pyrrole nitrogens is 1. The minimum atomic E-state index is -3.60. The maximum Gasteiger partial charge on any atom is 0.409 e. The summed E-state index contributed by atoms with van der Waals surface area (Å²) in [5, 5.41) is 6.64. The highest BCUT2D eigenvalue weighted by Gasteiger charge is 2.31. The quantitative estimate of drug-likeness (QED) is 0.856. The van der Waals surface area contributed by atoms with Crippen LogP contribution in [0.25, 0.3) is 0 Å². The zero-order valence-electron chi connectivity index (χ0n) is 12.4. The maximum absolute atomic E-state index is 12.7. The SMILES string of the molecule is COC(=O)N1CCCN(S(=O)(=O)c2c(C)n[nH]c2C)CC1. The second-order valence-corrected chi connectivity index (χ2v) is 6.85. The van der Waals surface area contributed by atoms with Crippen LogP contribution >= 0.6 is 0 Å². The number of amides is 1. The molecule has 0 atom stereocenters. The van der Waals surface area contributed by atoms with Crippen LogP contribution in [0.1, 0.15) is 17.8 Å². The van der Waals surface area contributed by atoms with Gasteiger partial charge in [-0.25, -0.2) is 13.2 Å². The van der Waals surface area contributed by atoms with E-state index in [-0.39, 0.29) is 11.4 Å². The Morgan fingerprint density at radius 2 is 1.95 bits per heavy atom. The third kappa shape index (κ3) is 3.03. The van der Waals surface area contributed by atoms with Gasteiger partial charge in [-0.15, -0.1) is 0 Å². The minimum Gasteiger partial charge on any atom is -0.453 e. The molecular formula is C12H20N4O4S. The third-order valence-electron chi connectivity index (χ3n) is 3.55. The van der Waals surface area contributed by atoms with Crippen LogP contribution in [0, 0.1) is 13.8 Å². The molecule has 8 nitrogen and oxygen atoms in total. The van der Waals surface area contributed by atoms with Crippen molar-refractivity contribution in [2.24, 2.45) is 0 Å². The second kappa shape index (κ2) is 6.02. The summed E-state index contributed by atoms with van der Waals surface area (Å²) in [5.41, 5.74) is 0.989. The zero-order valence-corrected chi connectivity index (χ0v) is 13.2. The highest BCUT2D eigenvalue weighted by atomic mass is 32.2. The lowest BCUT2D eigenvalue weighted by atomic mass is 10.4. The number of rotatable bonds is 2. The zero-order chi connectivity index (χ0) is 15.6. The first-order chi connectivity index (χ1) is 9.87. The molecule has 1 aliphatic heterocycles. The van der Waals surface area contributed by atoms with Crippen molar-refractivity contribution in [1.29, 1.82) is 0 Å². The molecular weight excluding hydrogens is 296 g/mol. The Kier molecular flexibility index (Phi) is 4.52. The van der Waals surface area contributed by atoms with Crippen LogP contribution in [0.2, 0.25) is 0 Å². The van der Waals surface area contributed by atoms with Gasteiger partial charge in [0.25, 0.3) is 0 Å². The molecule has 0 bridgehead atoms. The number of nitrogens with zero attached hydrogens (tertiary/aromatic N) is 3. The van der Waals surface area contributed by atoms with Crippen molar-refractivity contribution >= 4 is 16.1 Å². The fourth-order valence-electron chi connectivity index (χ4n) is 2.50. The van der Waals surface area contributed by atoms with Gasteiger partial charge in [0.15, 0.2) is 0 Å². The molecule has 1 aromatic heterocycles. The van der Waals surface area contributed by atoms with Crippen molar-refractivity contribution in [3.05, 3.63) is 11.4 Å². The lowest BCUT2D eigenvalue weighted by Crippen LogP contribution is -2.37. The van der Waals surface area contributed by atoms with Gasteiger partial charge >= 0.3 is 6.09 Å². The predicted molar refractivity (Wildman–Crippen MR) is 75.4 cm³/mol. The molecule has 9 heteroatoms. The van der Waals surface area contributed by atoms with Gasteiger partial charge < -0.3 is 9.64 Å². The minimum absolute atomic E-state index is 0.231. The fourth-order valence-corrected chi connectivity index (χ4v) is 4.30. The van der Waals surface area contributed by atoms with Gasteiger partial charge in [0.1, 0.15) is 4.90 Å². The van der Waals surface area contributed by atoms with E-state index in [1.807, 2.05) is 0 Å². The summed E-state index contributed by atoms with van der Waals surface area (Å²) in [6, 6.07) is 0. The number of methoxy groups -OCH3 is 1. The van der Waals surface area contributed by atoms with E-state index in [9.17, 15) is 13.2 Å². The monoisotopic (exact) mass is 316 g/mol. The molecule has 2 heterocycles. The number of aromatic nitrogens is 2. The van der Waals surface area contributed by atoms with Gasteiger partial charge in [-0.2, -0.15) is 9.40 Å². The summed E-state index contributed by atoms with van der Waals surface area (Å²) < 4.78 is 31.5. The molecule has 0 aliphatic carbocycles. The van der Waals surface area contributed by atoms with Crippen molar-refractivity contribution in [1.82, 2.24) is 19.4 Å². The average Bonchev–Trinajstić information content (AvgIpc) is 2.68. The lowest BCUT2D eigenvalue weighted by molar-refractivity contribution is 0.126. The van der Waals surface area contributed by atoms with Crippen LogP contribution in [0.5, 0.6) is 0 Å². The van der Waals surface area contributed by atoms with E-state index in [0.29, 0.717) is 37.4 Å². The van der Waals surface area contributed by atoms with Crippen molar-refractivity contribution in [3.63, 3.8) is 0 Å². The van der Waals surface area contributed by atoms with Gasteiger partial charge in [-0.1, -0.05) is 0 Å². The molecule has 0 aromatic carbocycles. The average molecular weight is 316 g/mol. The summed E-state index contributed by atoms with van der Waals surface area (Å²) >= 11 is 0. The Labute approximate surface area is 124 Å². The molecule has 1 saturated heterocycles. The maximum atomic E-state index is 12.7. The molecule has 0 spiro atoms. The van der Waals surface area contributed by atoms with E-state index in [1.165, 1.54) is 16.3 Å². The Morgan fingerprint density at radius 3 is 2.52 bits per heavy atom. The van der Waals surface area contributed by atoms with E-state index >= 15 is 0 Å². The number of carbonyl (C=O) groups is 1. The van der Waals surface area contributed by atoms with Gasteiger partial charge in [0, 0.05) is 26.2 Å². The molecule has 1 aliphatic rings. The smallest absolute Gasteiger partial charge is 0.409 e. The van der Waals surface area contributed by atoms with Crippen LogP contribution in [0.4, 0.5) is 4.79 Å². The number of hydrogen-bond acceptors (Lipinski definition) is 5. The number of sulfonamides is 1.